The second-order valence-electron chi connectivity index (χ2n) is 7.73. The molecule has 0 N–H and O–H groups in total. The summed E-state index contributed by atoms with van der Waals surface area (Å²) in [5, 5.41) is 0.981. The number of rotatable bonds is 4. The second kappa shape index (κ2) is 8.22. The molecule has 3 heterocycles. The van der Waals surface area contributed by atoms with E-state index in [1.807, 2.05) is 64.1 Å². The van der Waals surface area contributed by atoms with E-state index in [-0.39, 0.29) is 11.7 Å². The van der Waals surface area contributed by atoms with Crippen molar-refractivity contribution in [3.63, 3.8) is 0 Å². The average molecular weight is 414 g/mol. The highest BCUT2D eigenvalue weighted by Crippen LogP contribution is 2.24. The summed E-state index contributed by atoms with van der Waals surface area (Å²) in [5.41, 5.74) is 2.09. The van der Waals surface area contributed by atoms with Crippen LogP contribution >= 0.6 is 0 Å². The Kier molecular flexibility index (Phi) is 5.12. The maximum Gasteiger partial charge on any atom is 0.270 e. The van der Waals surface area contributed by atoms with Crippen LogP contribution in [0.5, 0.6) is 0 Å². The summed E-state index contributed by atoms with van der Waals surface area (Å²) >= 11 is 0. The molecule has 1 fully saturated rings. The standard InChI is InChI=1S/C25H23FN4O/c26-21-9-3-1-8-20(21)18-30-22-10-4-2-7-19(22)17-23(30)25(31)29-15-13-28(14-16-29)24-11-5-6-12-27-24/h1-12,17H,13-16,18H2. The first-order valence-electron chi connectivity index (χ1n) is 10.5. The van der Waals surface area contributed by atoms with E-state index < -0.39 is 0 Å². The normalized spacial score (nSPS) is 14.2. The lowest BCUT2D eigenvalue weighted by molar-refractivity contribution is 0.0736. The Hall–Kier alpha value is -3.67. The minimum atomic E-state index is -0.261. The molecule has 5 nitrogen and oxygen atoms in total. The molecule has 0 aliphatic carbocycles. The first-order valence-corrected chi connectivity index (χ1v) is 10.5. The Bertz CT molecular complexity index is 1210. The zero-order valence-corrected chi connectivity index (χ0v) is 17.1. The third-order valence-corrected chi connectivity index (χ3v) is 5.86. The minimum Gasteiger partial charge on any atom is -0.353 e. The van der Waals surface area contributed by atoms with E-state index >= 15 is 0 Å². The quantitative estimate of drug-likeness (QED) is 0.503. The van der Waals surface area contributed by atoms with Crippen molar-refractivity contribution in [1.29, 1.82) is 0 Å². The molecule has 0 saturated carbocycles. The largest absolute Gasteiger partial charge is 0.353 e. The lowest BCUT2D eigenvalue weighted by Crippen LogP contribution is -2.49. The predicted octanol–water partition coefficient (Wildman–Crippen LogP) is 4.19. The first-order chi connectivity index (χ1) is 15.2. The molecule has 0 bridgehead atoms. The van der Waals surface area contributed by atoms with Crippen LogP contribution in [0.4, 0.5) is 10.2 Å². The summed E-state index contributed by atoms with van der Waals surface area (Å²) in [4.78, 5) is 22.0. The van der Waals surface area contributed by atoms with Crippen LogP contribution in [0.1, 0.15) is 16.1 Å². The molecule has 0 unspecified atom stereocenters. The van der Waals surface area contributed by atoms with Crippen molar-refractivity contribution in [1.82, 2.24) is 14.5 Å². The summed E-state index contributed by atoms with van der Waals surface area (Å²) in [6, 6.07) is 22.4. The minimum absolute atomic E-state index is 0.0202. The van der Waals surface area contributed by atoms with Crippen LogP contribution in [0.15, 0.2) is 79.0 Å². The Balaban J connectivity index is 1.42. The monoisotopic (exact) mass is 414 g/mol. The fraction of sp³-hybridized carbons (Fsp3) is 0.200. The Morgan fingerprint density at radius 2 is 1.65 bits per heavy atom. The Morgan fingerprint density at radius 1 is 0.903 bits per heavy atom. The van der Waals surface area contributed by atoms with Gasteiger partial charge in [0, 0.05) is 48.8 Å². The van der Waals surface area contributed by atoms with Gasteiger partial charge in [-0.2, -0.15) is 0 Å². The van der Waals surface area contributed by atoms with Gasteiger partial charge < -0.3 is 14.4 Å². The molecule has 5 rings (SSSR count). The van der Waals surface area contributed by atoms with Crippen molar-refractivity contribution in [3.8, 4) is 0 Å². The molecule has 1 aliphatic heterocycles. The van der Waals surface area contributed by atoms with Gasteiger partial charge in [-0.3, -0.25) is 4.79 Å². The molecule has 156 valence electrons. The number of piperazine rings is 1. The van der Waals surface area contributed by atoms with E-state index in [4.69, 9.17) is 0 Å². The van der Waals surface area contributed by atoms with Gasteiger partial charge in [0.25, 0.3) is 5.91 Å². The molecular formula is C25H23FN4O. The first kappa shape index (κ1) is 19.3. The zero-order chi connectivity index (χ0) is 21.2. The highest BCUT2D eigenvalue weighted by Gasteiger charge is 2.26. The van der Waals surface area contributed by atoms with Crippen molar-refractivity contribution in [2.24, 2.45) is 0 Å². The van der Waals surface area contributed by atoms with E-state index in [0.717, 1.165) is 29.8 Å². The molecular weight excluding hydrogens is 391 g/mol. The molecule has 1 aliphatic rings. The Morgan fingerprint density at radius 3 is 2.42 bits per heavy atom. The van der Waals surface area contributed by atoms with Crippen molar-refractivity contribution >= 4 is 22.6 Å². The summed E-state index contributed by atoms with van der Waals surface area (Å²) in [5.74, 6) is 0.652. The predicted molar refractivity (Wildman–Crippen MR) is 120 cm³/mol. The number of halogens is 1. The number of pyridine rings is 1. The van der Waals surface area contributed by atoms with Crippen molar-refractivity contribution in [3.05, 3.63) is 96.1 Å². The third kappa shape index (κ3) is 3.77. The fourth-order valence-electron chi connectivity index (χ4n) is 4.20. The van der Waals surface area contributed by atoms with Crippen LogP contribution < -0.4 is 4.90 Å². The number of hydrogen-bond acceptors (Lipinski definition) is 3. The molecule has 2 aromatic heterocycles. The van der Waals surface area contributed by atoms with E-state index in [9.17, 15) is 9.18 Å². The van der Waals surface area contributed by atoms with Gasteiger partial charge in [-0.1, -0.05) is 42.5 Å². The van der Waals surface area contributed by atoms with Crippen molar-refractivity contribution in [2.75, 3.05) is 31.1 Å². The van der Waals surface area contributed by atoms with Crippen LogP contribution in [-0.2, 0) is 6.54 Å². The maximum absolute atomic E-state index is 14.4. The van der Waals surface area contributed by atoms with Gasteiger partial charge in [0.1, 0.15) is 17.3 Å². The molecule has 0 atom stereocenters. The van der Waals surface area contributed by atoms with Crippen LogP contribution in [0.3, 0.4) is 0 Å². The smallest absolute Gasteiger partial charge is 0.270 e. The molecule has 1 saturated heterocycles. The molecule has 0 radical (unpaired) electrons. The van der Waals surface area contributed by atoms with Crippen LogP contribution in [-0.4, -0.2) is 46.5 Å². The number of fused-ring (bicyclic) bond motifs is 1. The number of nitrogens with zero attached hydrogens (tertiary/aromatic N) is 4. The number of amides is 1. The van der Waals surface area contributed by atoms with Crippen LogP contribution in [0, 0.1) is 5.82 Å². The highest BCUT2D eigenvalue weighted by molar-refractivity contribution is 5.99. The van der Waals surface area contributed by atoms with E-state index in [1.54, 1.807) is 18.3 Å². The Labute approximate surface area is 180 Å². The fourth-order valence-corrected chi connectivity index (χ4v) is 4.20. The summed E-state index contributed by atoms with van der Waals surface area (Å²) in [6.45, 7) is 3.02. The van der Waals surface area contributed by atoms with E-state index in [2.05, 4.69) is 9.88 Å². The van der Waals surface area contributed by atoms with Gasteiger partial charge in [-0.25, -0.2) is 9.37 Å². The number of para-hydroxylation sites is 1. The summed E-state index contributed by atoms with van der Waals surface area (Å²) in [7, 11) is 0. The van der Waals surface area contributed by atoms with Gasteiger partial charge in [0.15, 0.2) is 0 Å². The SMILES string of the molecule is O=C(c1cc2ccccc2n1Cc1ccccc1F)N1CCN(c2ccccn2)CC1. The molecule has 31 heavy (non-hydrogen) atoms. The third-order valence-electron chi connectivity index (χ3n) is 5.86. The molecule has 6 heteroatoms. The summed E-state index contributed by atoms with van der Waals surface area (Å²) < 4.78 is 16.3. The number of benzene rings is 2. The topological polar surface area (TPSA) is 41.4 Å². The van der Waals surface area contributed by atoms with E-state index in [0.29, 0.717) is 30.9 Å². The number of hydrogen-bond donors (Lipinski definition) is 0. The molecule has 4 aromatic rings. The van der Waals surface area contributed by atoms with Gasteiger partial charge in [-0.05, 0) is 30.3 Å². The van der Waals surface area contributed by atoms with Crippen LogP contribution in [0.25, 0.3) is 10.9 Å². The van der Waals surface area contributed by atoms with Gasteiger partial charge in [0.05, 0.1) is 6.54 Å². The summed E-state index contributed by atoms with van der Waals surface area (Å²) in [6.07, 6.45) is 1.79. The molecule has 2 aromatic carbocycles. The zero-order valence-electron chi connectivity index (χ0n) is 17.1. The van der Waals surface area contributed by atoms with Gasteiger partial charge >= 0.3 is 0 Å². The number of aromatic nitrogens is 2. The van der Waals surface area contributed by atoms with Crippen molar-refractivity contribution < 1.29 is 9.18 Å². The lowest BCUT2D eigenvalue weighted by Gasteiger charge is -2.35. The second-order valence-corrected chi connectivity index (χ2v) is 7.73. The highest BCUT2D eigenvalue weighted by atomic mass is 19.1. The maximum atomic E-state index is 14.4. The van der Waals surface area contributed by atoms with E-state index in [1.165, 1.54) is 6.07 Å². The number of anilines is 1. The van der Waals surface area contributed by atoms with Crippen LogP contribution in [0.2, 0.25) is 0 Å². The lowest BCUT2D eigenvalue weighted by atomic mass is 10.2. The van der Waals surface area contributed by atoms with Gasteiger partial charge in [-0.15, -0.1) is 0 Å². The molecule has 0 spiro atoms. The van der Waals surface area contributed by atoms with Crippen molar-refractivity contribution in [2.45, 2.75) is 6.54 Å². The average Bonchev–Trinajstić information content (AvgIpc) is 3.19. The molecule has 1 amide bonds. The number of carbonyl (C=O) groups is 1. The number of carbonyl (C=O) groups excluding carboxylic acids is 1. The van der Waals surface area contributed by atoms with Gasteiger partial charge in [0.2, 0.25) is 0 Å².